The normalized spacial score (nSPS) is 18.3. The lowest BCUT2D eigenvalue weighted by molar-refractivity contribution is 0.302. The Balaban J connectivity index is 2.00. The summed E-state index contributed by atoms with van der Waals surface area (Å²) >= 11 is 0. The van der Waals surface area contributed by atoms with Gasteiger partial charge in [0.05, 0.1) is 12.0 Å². The summed E-state index contributed by atoms with van der Waals surface area (Å²) in [6.07, 6.45) is 6.72. The highest BCUT2D eigenvalue weighted by atomic mass is 15.1. The topological polar surface area (TPSA) is 29.9 Å². The molecule has 1 aromatic heterocycles. The van der Waals surface area contributed by atoms with Gasteiger partial charge < -0.3 is 9.88 Å². The zero-order chi connectivity index (χ0) is 13.4. The van der Waals surface area contributed by atoms with E-state index in [1.165, 1.54) is 18.5 Å². The van der Waals surface area contributed by atoms with Crippen LogP contribution in [0.15, 0.2) is 12.5 Å². The molecule has 0 amide bonds. The van der Waals surface area contributed by atoms with Gasteiger partial charge in [-0.25, -0.2) is 4.98 Å². The van der Waals surface area contributed by atoms with Crippen LogP contribution in [0.25, 0.3) is 0 Å². The Hall–Kier alpha value is -0.830. The molecule has 102 valence electrons. The Kier molecular flexibility index (Phi) is 3.54. The van der Waals surface area contributed by atoms with Crippen molar-refractivity contribution >= 4 is 0 Å². The van der Waals surface area contributed by atoms with Gasteiger partial charge in [0.1, 0.15) is 0 Å². The second-order valence-corrected chi connectivity index (χ2v) is 7.13. The zero-order valence-electron chi connectivity index (χ0n) is 12.5. The smallest absolute Gasteiger partial charge is 0.0948 e. The van der Waals surface area contributed by atoms with E-state index in [9.17, 15) is 0 Å². The monoisotopic (exact) mass is 249 g/mol. The number of hydrogen-bond donors (Lipinski definition) is 1. The molecule has 1 aliphatic carbocycles. The Morgan fingerprint density at radius 2 is 2.06 bits per heavy atom. The molecule has 1 N–H and O–H groups in total. The van der Waals surface area contributed by atoms with Crippen LogP contribution in [0.2, 0.25) is 0 Å². The molecule has 1 saturated carbocycles. The molecule has 0 aliphatic heterocycles. The Morgan fingerprint density at radius 3 is 2.56 bits per heavy atom. The molecule has 0 aromatic carbocycles. The van der Waals surface area contributed by atoms with Crippen molar-refractivity contribution < 1.29 is 0 Å². The molecule has 1 fully saturated rings. The summed E-state index contributed by atoms with van der Waals surface area (Å²) in [5.74, 6) is 0.767. The fraction of sp³-hybridized carbons (Fsp3) is 0.800. The molecule has 0 saturated heterocycles. The van der Waals surface area contributed by atoms with Crippen LogP contribution >= 0.6 is 0 Å². The van der Waals surface area contributed by atoms with Crippen molar-refractivity contribution in [1.82, 2.24) is 14.9 Å². The van der Waals surface area contributed by atoms with Crippen molar-refractivity contribution in [2.24, 2.45) is 11.3 Å². The predicted octanol–water partition coefficient (Wildman–Crippen LogP) is 3.21. The van der Waals surface area contributed by atoms with Gasteiger partial charge in [0.2, 0.25) is 0 Å². The van der Waals surface area contributed by atoms with Crippen LogP contribution in [0.5, 0.6) is 0 Å². The molecule has 2 rings (SSSR count). The third-order valence-electron chi connectivity index (χ3n) is 4.20. The Bertz CT molecular complexity index is 394. The van der Waals surface area contributed by atoms with Gasteiger partial charge in [-0.2, -0.15) is 0 Å². The van der Waals surface area contributed by atoms with Crippen LogP contribution in [0.4, 0.5) is 0 Å². The van der Waals surface area contributed by atoms with Crippen molar-refractivity contribution in [2.75, 3.05) is 0 Å². The molecule has 0 radical (unpaired) electrons. The van der Waals surface area contributed by atoms with Crippen molar-refractivity contribution in [1.29, 1.82) is 0 Å². The van der Waals surface area contributed by atoms with Gasteiger partial charge in [-0.15, -0.1) is 0 Å². The molecule has 1 aromatic rings. The minimum atomic E-state index is 0.157. The lowest BCUT2D eigenvalue weighted by Gasteiger charge is -2.24. The van der Waals surface area contributed by atoms with Gasteiger partial charge in [0.15, 0.2) is 0 Å². The standard InChI is InChI=1S/C15H27N3/c1-12(2)15(6-7-15)10-18-11-16-8-13(18)9-17-14(3,4)5/h8,11-12,17H,6-7,9-10H2,1-5H3. The summed E-state index contributed by atoms with van der Waals surface area (Å²) in [5, 5.41) is 3.54. The van der Waals surface area contributed by atoms with E-state index >= 15 is 0 Å². The molecule has 0 spiro atoms. The zero-order valence-corrected chi connectivity index (χ0v) is 12.5. The van der Waals surface area contributed by atoms with Crippen LogP contribution in [-0.4, -0.2) is 15.1 Å². The average molecular weight is 249 g/mol. The predicted molar refractivity (Wildman–Crippen MR) is 75.3 cm³/mol. The van der Waals surface area contributed by atoms with E-state index in [1.807, 2.05) is 12.5 Å². The highest BCUT2D eigenvalue weighted by Gasteiger charge is 2.45. The van der Waals surface area contributed by atoms with Crippen molar-refractivity contribution in [3.8, 4) is 0 Å². The maximum atomic E-state index is 4.32. The number of aromatic nitrogens is 2. The fourth-order valence-corrected chi connectivity index (χ4v) is 2.41. The molecule has 3 nitrogen and oxygen atoms in total. The maximum Gasteiger partial charge on any atom is 0.0948 e. The minimum Gasteiger partial charge on any atom is -0.333 e. The molecular formula is C15H27N3. The highest BCUT2D eigenvalue weighted by Crippen LogP contribution is 2.53. The van der Waals surface area contributed by atoms with E-state index in [4.69, 9.17) is 0 Å². The molecular weight excluding hydrogens is 222 g/mol. The van der Waals surface area contributed by atoms with Crippen molar-refractivity contribution in [2.45, 2.75) is 66.1 Å². The molecule has 18 heavy (non-hydrogen) atoms. The summed E-state index contributed by atoms with van der Waals surface area (Å²) in [7, 11) is 0. The molecule has 1 heterocycles. The van der Waals surface area contributed by atoms with Gasteiger partial charge in [-0.1, -0.05) is 13.8 Å². The number of hydrogen-bond acceptors (Lipinski definition) is 2. The first kappa shape index (κ1) is 13.6. The van der Waals surface area contributed by atoms with Gasteiger partial charge in [0.25, 0.3) is 0 Å². The third kappa shape index (κ3) is 3.14. The van der Waals surface area contributed by atoms with Crippen LogP contribution in [-0.2, 0) is 13.1 Å². The molecule has 0 unspecified atom stereocenters. The average Bonchev–Trinajstić information content (AvgIpc) is 2.88. The first-order chi connectivity index (χ1) is 8.32. The van der Waals surface area contributed by atoms with Gasteiger partial charge in [-0.3, -0.25) is 0 Å². The lowest BCUT2D eigenvalue weighted by Crippen LogP contribution is -2.35. The van der Waals surface area contributed by atoms with E-state index in [2.05, 4.69) is 49.5 Å². The first-order valence-electron chi connectivity index (χ1n) is 7.06. The van der Waals surface area contributed by atoms with E-state index in [-0.39, 0.29) is 5.54 Å². The van der Waals surface area contributed by atoms with Crippen LogP contribution in [0, 0.1) is 11.3 Å². The molecule has 0 atom stereocenters. The number of nitrogens with one attached hydrogen (secondary N) is 1. The Morgan fingerprint density at radius 1 is 1.39 bits per heavy atom. The summed E-state index contributed by atoms with van der Waals surface area (Å²) in [6.45, 7) is 13.3. The van der Waals surface area contributed by atoms with E-state index in [0.717, 1.165) is 19.0 Å². The number of nitrogens with zero attached hydrogens (tertiary/aromatic N) is 2. The quantitative estimate of drug-likeness (QED) is 0.868. The maximum absolute atomic E-state index is 4.32. The summed E-state index contributed by atoms with van der Waals surface area (Å²) in [4.78, 5) is 4.32. The fourth-order valence-electron chi connectivity index (χ4n) is 2.41. The van der Waals surface area contributed by atoms with E-state index in [0.29, 0.717) is 5.41 Å². The minimum absolute atomic E-state index is 0.157. The molecule has 1 aliphatic rings. The second-order valence-electron chi connectivity index (χ2n) is 7.13. The summed E-state index contributed by atoms with van der Waals surface area (Å²) in [5.41, 5.74) is 2.00. The third-order valence-corrected chi connectivity index (χ3v) is 4.20. The van der Waals surface area contributed by atoms with E-state index < -0.39 is 0 Å². The van der Waals surface area contributed by atoms with Crippen LogP contribution in [0.3, 0.4) is 0 Å². The SMILES string of the molecule is CC(C)C1(Cn2cncc2CNC(C)(C)C)CC1. The van der Waals surface area contributed by atoms with E-state index in [1.54, 1.807) is 0 Å². The van der Waals surface area contributed by atoms with Gasteiger partial charge >= 0.3 is 0 Å². The van der Waals surface area contributed by atoms with Crippen molar-refractivity contribution in [3.63, 3.8) is 0 Å². The molecule has 3 heteroatoms. The largest absolute Gasteiger partial charge is 0.333 e. The van der Waals surface area contributed by atoms with Gasteiger partial charge in [0, 0.05) is 24.8 Å². The number of imidazole rings is 1. The van der Waals surface area contributed by atoms with Crippen LogP contribution in [0.1, 0.15) is 53.2 Å². The summed E-state index contributed by atoms with van der Waals surface area (Å²) in [6, 6.07) is 0. The highest BCUT2D eigenvalue weighted by molar-refractivity contribution is 5.03. The number of rotatable bonds is 5. The Labute approximate surface area is 111 Å². The van der Waals surface area contributed by atoms with Gasteiger partial charge in [-0.05, 0) is 44.9 Å². The first-order valence-corrected chi connectivity index (χ1v) is 7.06. The van der Waals surface area contributed by atoms with Crippen molar-refractivity contribution in [3.05, 3.63) is 18.2 Å². The molecule has 0 bridgehead atoms. The van der Waals surface area contributed by atoms with Crippen LogP contribution < -0.4 is 5.32 Å². The lowest BCUT2D eigenvalue weighted by atomic mass is 9.92. The second kappa shape index (κ2) is 4.69. The summed E-state index contributed by atoms with van der Waals surface area (Å²) < 4.78 is 2.34.